The van der Waals surface area contributed by atoms with Crippen LogP contribution in [0.15, 0.2) is 24.5 Å². The highest BCUT2D eigenvalue weighted by Crippen LogP contribution is 2.40. The lowest BCUT2D eigenvalue weighted by atomic mass is 9.93. The number of ether oxygens (including phenoxy) is 3. The minimum Gasteiger partial charge on any atom is -0.474 e. The number of nitrogen functional groups attached to an aromatic ring is 1. The quantitative estimate of drug-likeness (QED) is 0.500. The van der Waals surface area contributed by atoms with Crippen molar-refractivity contribution in [3.8, 4) is 23.1 Å². The van der Waals surface area contributed by atoms with Gasteiger partial charge in [0.15, 0.2) is 0 Å². The summed E-state index contributed by atoms with van der Waals surface area (Å²) in [5, 5.41) is 17.2. The predicted molar refractivity (Wildman–Crippen MR) is 127 cm³/mol. The highest BCUT2D eigenvalue weighted by Gasteiger charge is 2.28. The molecule has 1 saturated heterocycles. The van der Waals surface area contributed by atoms with Crippen molar-refractivity contribution in [2.75, 3.05) is 42.7 Å². The molecule has 4 heterocycles. The fourth-order valence-electron chi connectivity index (χ4n) is 4.28. The molecule has 2 aromatic heterocycles. The summed E-state index contributed by atoms with van der Waals surface area (Å²) in [6.07, 6.45) is 2.33. The maximum atomic E-state index is 12.4. The Bertz CT molecular complexity index is 1340. The molecule has 1 fully saturated rings. The number of carbonyl (C=O) groups is 1. The highest BCUT2D eigenvalue weighted by molar-refractivity contribution is 6.02. The number of hydrogen-bond donors (Lipinski definition) is 3. The lowest BCUT2D eigenvalue weighted by Crippen LogP contribution is -2.27. The van der Waals surface area contributed by atoms with Crippen LogP contribution < -0.4 is 21.1 Å². The summed E-state index contributed by atoms with van der Waals surface area (Å²) < 4.78 is 16.4. The Morgan fingerprint density at radius 1 is 1.29 bits per heavy atom. The summed E-state index contributed by atoms with van der Waals surface area (Å²) in [7, 11) is 0. The van der Waals surface area contributed by atoms with Gasteiger partial charge in [0, 0.05) is 41.4 Å². The number of nitriles is 1. The Labute approximate surface area is 196 Å². The van der Waals surface area contributed by atoms with Crippen molar-refractivity contribution in [2.24, 2.45) is 5.92 Å². The Hall–Kier alpha value is -4.10. The Morgan fingerprint density at radius 2 is 2.15 bits per heavy atom. The van der Waals surface area contributed by atoms with Crippen LogP contribution in [0, 0.1) is 24.2 Å². The van der Waals surface area contributed by atoms with Gasteiger partial charge in [-0.15, -0.1) is 0 Å². The smallest absolute Gasteiger partial charge is 0.413 e. The van der Waals surface area contributed by atoms with Crippen LogP contribution in [0.2, 0.25) is 0 Å². The molecule has 5 rings (SSSR count). The van der Waals surface area contributed by atoms with Gasteiger partial charge in [0.05, 0.1) is 24.5 Å². The molecular weight excluding hydrogens is 436 g/mol. The Kier molecular flexibility index (Phi) is 5.55. The van der Waals surface area contributed by atoms with Gasteiger partial charge >= 0.3 is 6.09 Å². The lowest BCUT2D eigenvalue weighted by Gasteiger charge is -2.22. The van der Waals surface area contributed by atoms with E-state index in [2.05, 4.69) is 26.7 Å². The summed E-state index contributed by atoms with van der Waals surface area (Å²) in [4.78, 5) is 21.1. The number of nitrogens with two attached hydrogens (primary N) is 1. The van der Waals surface area contributed by atoms with Gasteiger partial charge in [-0.2, -0.15) is 5.26 Å². The maximum Gasteiger partial charge on any atom is 0.413 e. The number of hydrogen-bond acceptors (Lipinski definition) is 9. The zero-order valence-corrected chi connectivity index (χ0v) is 18.8. The third-order valence-electron chi connectivity index (χ3n) is 6.20. The average molecular weight is 460 g/mol. The van der Waals surface area contributed by atoms with E-state index >= 15 is 0 Å². The standard InChI is InChI=1S/C24H24N6O4/c1-12-10-32-11-19(12)34-24(31)30-20-6-14-5-15(16(7-25)21(26)18(14)9-28-20)17-8-29-23-22(13(17)2)27-3-4-33-23/h5-6,8-9,12,19,27H,3-4,10-11,26H2,1-2H3,(H,28,30,31)/t12-,19-/m1/s1. The normalized spacial score (nSPS) is 19.0. The highest BCUT2D eigenvalue weighted by atomic mass is 16.6. The van der Waals surface area contributed by atoms with E-state index in [9.17, 15) is 10.1 Å². The van der Waals surface area contributed by atoms with Crippen molar-refractivity contribution in [1.82, 2.24) is 9.97 Å². The van der Waals surface area contributed by atoms with E-state index in [-0.39, 0.29) is 12.0 Å². The van der Waals surface area contributed by atoms with E-state index in [1.807, 2.05) is 19.9 Å². The molecule has 10 nitrogen and oxygen atoms in total. The van der Waals surface area contributed by atoms with Gasteiger partial charge in [0.1, 0.15) is 30.3 Å². The van der Waals surface area contributed by atoms with E-state index in [1.165, 1.54) is 0 Å². The fourth-order valence-corrected chi connectivity index (χ4v) is 4.28. The summed E-state index contributed by atoms with van der Waals surface area (Å²) in [5.74, 6) is 0.987. The molecule has 10 heteroatoms. The van der Waals surface area contributed by atoms with Crippen LogP contribution in [0.25, 0.3) is 21.9 Å². The van der Waals surface area contributed by atoms with Gasteiger partial charge < -0.3 is 25.3 Å². The molecule has 1 aromatic carbocycles. The Balaban J connectivity index is 1.52. The van der Waals surface area contributed by atoms with Gasteiger partial charge in [-0.1, -0.05) is 6.92 Å². The predicted octanol–water partition coefficient (Wildman–Crippen LogP) is 3.45. The zero-order valence-electron chi connectivity index (χ0n) is 18.8. The number of rotatable bonds is 3. The van der Waals surface area contributed by atoms with Crippen molar-refractivity contribution in [1.29, 1.82) is 5.26 Å². The summed E-state index contributed by atoms with van der Waals surface area (Å²) >= 11 is 0. The summed E-state index contributed by atoms with van der Waals surface area (Å²) in [6, 6.07) is 5.78. The monoisotopic (exact) mass is 460 g/mol. The van der Waals surface area contributed by atoms with Crippen LogP contribution in [0.3, 0.4) is 0 Å². The molecule has 4 N–H and O–H groups in total. The number of aromatic nitrogens is 2. The molecule has 0 unspecified atom stereocenters. The van der Waals surface area contributed by atoms with Crippen molar-refractivity contribution in [2.45, 2.75) is 20.0 Å². The van der Waals surface area contributed by atoms with Crippen molar-refractivity contribution in [3.63, 3.8) is 0 Å². The number of anilines is 3. The second kappa shape index (κ2) is 8.68. The first-order valence-electron chi connectivity index (χ1n) is 11.0. The number of fused-ring (bicyclic) bond motifs is 2. The first kappa shape index (κ1) is 21.7. The van der Waals surface area contributed by atoms with Crippen LogP contribution in [0.1, 0.15) is 18.1 Å². The molecule has 1 amide bonds. The molecule has 0 saturated carbocycles. The third-order valence-corrected chi connectivity index (χ3v) is 6.20. The molecule has 2 aliphatic rings. The number of nitrogens with one attached hydrogen (secondary N) is 2. The van der Waals surface area contributed by atoms with Crippen molar-refractivity contribution >= 4 is 34.1 Å². The number of amides is 1. The second-order valence-corrected chi connectivity index (χ2v) is 8.45. The van der Waals surface area contributed by atoms with Crippen LogP contribution in [0.5, 0.6) is 5.88 Å². The maximum absolute atomic E-state index is 12.4. The van der Waals surface area contributed by atoms with E-state index in [0.717, 1.165) is 22.2 Å². The molecule has 0 aliphatic carbocycles. The number of carbonyl (C=O) groups excluding carboxylic acids is 1. The van der Waals surface area contributed by atoms with E-state index in [4.69, 9.17) is 19.9 Å². The molecule has 34 heavy (non-hydrogen) atoms. The van der Waals surface area contributed by atoms with Gasteiger partial charge in [-0.3, -0.25) is 5.32 Å². The second-order valence-electron chi connectivity index (χ2n) is 8.45. The SMILES string of the molecule is Cc1c(-c2cc3cc(NC(=O)O[C@@H]4COC[C@H]4C)ncc3c(N)c2C#N)cnc2c1NCCO2. The van der Waals surface area contributed by atoms with Crippen LogP contribution >= 0.6 is 0 Å². The van der Waals surface area contributed by atoms with Gasteiger partial charge in [0.2, 0.25) is 5.88 Å². The molecule has 3 aromatic rings. The van der Waals surface area contributed by atoms with Crippen LogP contribution in [-0.4, -0.2) is 48.5 Å². The van der Waals surface area contributed by atoms with Gasteiger partial charge in [0.25, 0.3) is 0 Å². The molecular formula is C24H24N6O4. The van der Waals surface area contributed by atoms with Gasteiger partial charge in [-0.05, 0) is 30.0 Å². The minimum atomic E-state index is -0.600. The summed E-state index contributed by atoms with van der Waals surface area (Å²) in [6.45, 7) is 6.08. The van der Waals surface area contributed by atoms with E-state index in [1.54, 1.807) is 18.5 Å². The van der Waals surface area contributed by atoms with Crippen molar-refractivity contribution < 1.29 is 19.0 Å². The molecule has 0 radical (unpaired) electrons. The molecule has 0 spiro atoms. The first-order chi connectivity index (χ1) is 16.5. The topological polar surface area (TPSA) is 144 Å². The molecule has 174 valence electrons. The van der Waals surface area contributed by atoms with Gasteiger partial charge in [-0.25, -0.2) is 14.8 Å². The molecule has 2 aliphatic heterocycles. The zero-order chi connectivity index (χ0) is 23.8. The fraction of sp³-hybridized carbons (Fsp3) is 0.333. The number of nitrogens with zero attached hydrogens (tertiary/aromatic N) is 3. The Morgan fingerprint density at radius 3 is 2.91 bits per heavy atom. The molecule has 0 bridgehead atoms. The van der Waals surface area contributed by atoms with Crippen LogP contribution in [0.4, 0.5) is 22.0 Å². The molecule has 2 atom stereocenters. The summed E-state index contributed by atoms with van der Waals surface area (Å²) in [5.41, 5.74) is 10.2. The van der Waals surface area contributed by atoms with Crippen LogP contribution in [-0.2, 0) is 9.47 Å². The lowest BCUT2D eigenvalue weighted by molar-refractivity contribution is 0.0843. The minimum absolute atomic E-state index is 0.135. The number of pyridine rings is 2. The average Bonchev–Trinajstić information content (AvgIpc) is 3.23. The van der Waals surface area contributed by atoms with E-state index in [0.29, 0.717) is 60.3 Å². The largest absolute Gasteiger partial charge is 0.474 e. The van der Waals surface area contributed by atoms with E-state index < -0.39 is 6.09 Å². The third kappa shape index (κ3) is 3.80. The van der Waals surface area contributed by atoms with Crippen molar-refractivity contribution in [3.05, 3.63) is 35.7 Å². The first-order valence-corrected chi connectivity index (χ1v) is 11.0. The number of benzene rings is 1.